The van der Waals surface area contributed by atoms with Gasteiger partial charge < -0.3 is 25.7 Å². The Morgan fingerprint density at radius 3 is 2.32 bits per heavy atom. The first-order chi connectivity index (χ1) is 16.4. The fourth-order valence-electron chi connectivity index (χ4n) is 4.36. The summed E-state index contributed by atoms with van der Waals surface area (Å²) in [5.41, 5.74) is 10.6. The largest absolute Gasteiger partial charge is 0.453 e. The molecule has 2 amide bonds. The molecule has 178 valence electrons. The van der Waals surface area contributed by atoms with E-state index in [0.29, 0.717) is 6.54 Å². The van der Waals surface area contributed by atoms with Gasteiger partial charge in [0.1, 0.15) is 11.9 Å². The number of benzene rings is 2. The first kappa shape index (κ1) is 23.4. The summed E-state index contributed by atoms with van der Waals surface area (Å²) in [6.07, 6.45) is 2.90. The number of nitrogens with one attached hydrogen (secondary N) is 2. The zero-order chi connectivity index (χ0) is 24.2. The van der Waals surface area contributed by atoms with E-state index in [0.717, 1.165) is 46.7 Å². The number of alkyl carbamates (subject to hydrolysis) is 1. The van der Waals surface area contributed by atoms with Crippen molar-refractivity contribution >= 4 is 17.7 Å². The monoisotopic (exact) mass is 461 g/mol. The number of H-pyrrole nitrogens is 1. The summed E-state index contributed by atoms with van der Waals surface area (Å²) in [6.45, 7) is 4.44. The van der Waals surface area contributed by atoms with Crippen LogP contribution in [0.25, 0.3) is 22.4 Å². The molecule has 1 aliphatic heterocycles. The van der Waals surface area contributed by atoms with Crippen LogP contribution in [0.3, 0.4) is 0 Å². The van der Waals surface area contributed by atoms with Crippen molar-refractivity contribution in [1.29, 1.82) is 0 Å². The van der Waals surface area contributed by atoms with Crippen LogP contribution in [0.5, 0.6) is 0 Å². The molecule has 0 bridgehead atoms. The molecule has 2 heterocycles. The minimum atomic E-state index is -0.650. The number of nitrogens with two attached hydrogens (primary N) is 1. The van der Waals surface area contributed by atoms with Crippen LogP contribution in [0.1, 0.15) is 38.6 Å². The van der Waals surface area contributed by atoms with Crippen molar-refractivity contribution in [3.63, 3.8) is 0 Å². The molecule has 2 aromatic carbocycles. The highest BCUT2D eigenvalue weighted by Gasteiger charge is 2.37. The van der Waals surface area contributed by atoms with Gasteiger partial charge in [0.15, 0.2) is 0 Å². The number of likely N-dealkylation sites (tertiary alicyclic amines) is 1. The lowest BCUT2D eigenvalue weighted by atomic mass is 10.0. The summed E-state index contributed by atoms with van der Waals surface area (Å²) in [5, 5.41) is 2.68. The number of nitrogen functional groups attached to an aromatic ring is 1. The molecule has 0 spiro atoms. The van der Waals surface area contributed by atoms with Gasteiger partial charge in [0, 0.05) is 12.2 Å². The number of methoxy groups -OCH3 is 1. The molecular formula is C26H31N5O3. The van der Waals surface area contributed by atoms with Crippen LogP contribution in [0, 0.1) is 5.92 Å². The predicted octanol–water partition coefficient (Wildman–Crippen LogP) is 4.37. The highest BCUT2D eigenvalue weighted by atomic mass is 16.5. The summed E-state index contributed by atoms with van der Waals surface area (Å²) >= 11 is 0. The van der Waals surface area contributed by atoms with Gasteiger partial charge in [0.05, 0.1) is 25.0 Å². The maximum absolute atomic E-state index is 13.3. The Kier molecular flexibility index (Phi) is 6.86. The normalized spacial score (nSPS) is 16.5. The number of aromatic nitrogens is 2. The third-order valence-electron chi connectivity index (χ3n) is 6.28. The van der Waals surface area contributed by atoms with E-state index in [1.54, 1.807) is 6.20 Å². The summed E-state index contributed by atoms with van der Waals surface area (Å²) < 4.78 is 4.70. The number of hydrogen-bond acceptors (Lipinski definition) is 5. The zero-order valence-corrected chi connectivity index (χ0v) is 19.7. The molecule has 2 atom stereocenters. The number of anilines is 1. The van der Waals surface area contributed by atoms with Crippen molar-refractivity contribution in [3.05, 3.63) is 60.6 Å². The fraction of sp³-hybridized carbons (Fsp3) is 0.346. The average molecular weight is 462 g/mol. The van der Waals surface area contributed by atoms with Crippen molar-refractivity contribution in [2.24, 2.45) is 5.92 Å². The Balaban J connectivity index is 1.51. The van der Waals surface area contributed by atoms with Crippen molar-refractivity contribution in [3.8, 4) is 22.4 Å². The first-order valence-electron chi connectivity index (χ1n) is 11.5. The van der Waals surface area contributed by atoms with Crippen LogP contribution in [-0.4, -0.2) is 46.6 Å². The zero-order valence-electron chi connectivity index (χ0n) is 19.7. The molecule has 34 heavy (non-hydrogen) atoms. The second-order valence-electron chi connectivity index (χ2n) is 8.93. The van der Waals surface area contributed by atoms with Crippen molar-refractivity contribution in [1.82, 2.24) is 20.2 Å². The predicted molar refractivity (Wildman–Crippen MR) is 132 cm³/mol. The lowest BCUT2D eigenvalue weighted by Gasteiger charge is -2.30. The van der Waals surface area contributed by atoms with Crippen LogP contribution in [0.2, 0.25) is 0 Å². The number of carbonyl (C=O) groups excluding carboxylic acids is 2. The number of imidazole rings is 1. The lowest BCUT2D eigenvalue weighted by Crippen LogP contribution is -2.51. The van der Waals surface area contributed by atoms with Crippen LogP contribution < -0.4 is 11.1 Å². The van der Waals surface area contributed by atoms with Gasteiger partial charge in [-0.05, 0) is 47.6 Å². The van der Waals surface area contributed by atoms with E-state index in [9.17, 15) is 9.59 Å². The van der Waals surface area contributed by atoms with Crippen LogP contribution in [-0.2, 0) is 9.53 Å². The Labute approximate surface area is 199 Å². The number of rotatable bonds is 6. The van der Waals surface area contributed by atoms with Crippen LogP contribution in [0.15, 0.2) is 54.7 Å². The molecule has 2 unspecified atom stereocenters. The molecule has 0 aliphatic carbocycles. The van der Waals surface area contributed by atoms with Gasteiger partial charge >= 0.3 is 6.09 Å². The summed E-state index contributed by atoms with van der Waals surface area (Å²) in [5.74, 6) is 0.567. The van der Waals surface area contributed by atoms with Gasteiger partial charge in [-0.2, -0.15) is 0 Å². The Morgan fingerprint density at radius 1 is 1.09 bits per heavy atom. The van der Waals surface area contributed by atoms with E-state index in [4.69, 9.17) is 10.5 Å². The molecule has 3 aromatic rings. The Morgan fingerprint density at radius 2 is 1.71 bits per heavy atom. The number of aromatic amines is 1. The average Bonchev–Trinajstić information content (AvgIpc) is 3.52. The third-order valence-corrected chi connectivity index (χ3v) is 6.28. The van der Waals surface area contributed by atoms with Gasteiger partial charge in [0.2, 0.25) is 5.91 Å². The standard InChI is InChI=1S/C26H31N5O3/c1-16(2)23(30-26(33)34-3)25(32)31-14-4-5-22(31)24-28-15-21(29-24)19-8-6-17(7-9-19)18-10-12-20(27)13-11-18/h6-13,15-16,22-23H,4-5,14,27H2,1-3H3,(H,28,29)(H,30,33). The topological polar surface area (TPSA) is 113 Å². The molecule has 4 rings (SSSR count). The number of ether oxygens (including phenoxy) is 1. The molecule has 8 nitrogen and oxygen atoms in total. The number of carbonyl (C=O) groups is 2. The number of hydrogen-bond donors (Lipinski definition) is 3. The SMILES string of the molecule is COC(=O)NC(C(=O)N1CCCC1c1ncc(-c2ccc(-c3ccc(N)cc3)cc2)[nH]1)C(C)C. The molecule has 1 aliphatic rings. The van der Waals surface area contributed by atoms with Gasteiger partial charge in [-0.1, -0.05) is 50.2 Å². The minimum Gasteiger partial charge on any atom is -0.453 e. The fourth-order valence-corrected chi connectivity index (χ4v) is 4.36. The maximum atomic E-state index is 13.3. The van der Waals surface area contributed by atoms with Crippen LogP contribution in [0.4, 0.5) is 10.5 Å². The Hall–Kier alpha value is -3.81. The molecule has 8 heteroatoms. The molecule has 1 fully saturated rings. The van der Waals surface area contributed by atoms with E-state index >= 15 is 0 Å². The number of amides is 2. The number of nitrogens with zero attached hydrogens (tertiary/aromatic N) is 2. The highest BCUT2D eigenvalue weighted by Crippen LogP contribution is 2.33. The van der Waals surface area contributed by atoms with Crippen molar-refractivity contribution < 1.29 is 14.3 Å². The van der Waals surface area contributed by atoms with Gasteiger partial charge in [-0.3, -0.25) is 4.79 Å². The van der Waals surface area contributed by atoms with E-state index in [2.05, 4.69) is 39.6 Å². The minimum absolute atomic E-state index is 0.0698. The van der Waals surface area contributed by atoms with Gasteiger partial charge in [0.25, 0.3) is 0 Å². The third kappa shape index (κ3) is 4.90. The summed E-state index contributed by atoms with van der Waals surface area (Å²) in [4.78, 5) is 34.9. The quantitative estimate of drug-likeness (QED) is 0.472. The van der Waals surface area contributed by atoms with E-state index in [-0.39, 0.29) is 17.9 Å². The Bertz CT molecular complexity index is 1140. The van der Waals surface area contributed by atoms with Gasteiger partial charge in [-0.15, -0.1) is 0 Å². The maximum Gasteiger partial charge on any atom is 0.407 e. The van der Waals surface area contributed by atoms with Crippen molar-refractivity contribution in [2.75, 3.05) is 19.4 Å². The first-order valence-corrected chi connectivity index (χ1v) is 11.5. The summed E-state index contributed by atoms with van der Waals surface area (Å²) in [7, 11) is 1.29. The molecule has 4 N–H and O–H groups in total. The van der Waals surface area contributed by atoms with Crippen LogP contribution >= 0.6 is 0 Å². The van der Waals surface area contributed by atoms with Crippen molar-refractivity contribution in [2.45, 2.75) is 38.8 Å². The summed E-state index contributed by atoms with van der Waals surface area (Å²) in [6, 6.07) is 15.2. The van der Waals surface area contributed by atoms with E-state index < -0.39 is 12.1 Å². The molecule has 0 radical (unpaired) electrons. The van der Waals surface area contributed by atoms with Gasteiger partial charge in [-0.25, -0.2) is 9.78 Å². The second kappa shape index (κ2) is 9.99. The van der Waals surface area contributed by atoms with E-state index in [1.807, 2.05) is 43.0 Å². The smallest absolute Gasteiger partial charge is 0.407 e. The molecule has 1 aromatic heterocycles. The molecule has 1 saturated heterocycles. The second-order valence-corrected chi connectivity index (χ2v) is 8.93. The van der Waals surface area contributed by atoms with E-state index in [1.165, 1.54) is 7.11 Å². The highest BCUT2D eigenvalue weighted by molar-refractivity contribution is 5.86. The molecular weight excluding hydrogens is 430 g/mol. The molecule has 0 saturated carbocycles. The lowest BCUT2D eigenvalue weighted by molar-refractivity contribution is -0.135.